The van der Waals surface area contributed by atoms with E-state index in [-0.39, 0.29) is 12.6 Å². The van der Waals surface area contributed by atoms with Gasteiger partial charge in [-0.15, -0.1) is 0 Å². The fraction of sp³-hybridized carbons (Fsp3) is 0.316. The number of nitrogens with two attached hydrogens (primary N) is 1. The highest BCUT2D eigenvalue weighted by molar-refractivity contribution is 5.92. The van der Waals surface area contributed by atoms with E-state index in [9.17, 15) is 9.90 Å². The normalized spacial score (nSPS) is 16.6. The lowest BCUT2D eigenvalue weighted by molar-refractivity contribution is 0.0999. The second-order valence-electron chi connectivity index (χ2n) is 6.54. The minimum atomic E-state index is -0.539. The number of benzene rings is 1. The maximum atomic E-state index is 11.1. The standard InChI is InChI=1S/C19H21N5O3/c20-18(26)14-10-21-19(22-11-14)24-7-5-23(6-8-24)15(12-25)17-9-13-3-1-2-4-16(13)27-17/h1-4,9-11,15,25H,5-8,12H2,(H2,20,26). The predicted molar refractivity (Wildman–Crippen MR) is 100 cm³/mol. The van der Waals surface area contributed by atoms with Gasteiger partial charge in [-0.3, -0.25) is 9.69 Å². The molecule has 3 N–H and O–H groups in total. The molecular weight excluding hydrogens is 346 g/mol. The Morgan fingerprint density at radius 1 is 1.19 bits per heavy atom. The summed E-state index contributed by atoms with van der Waals surface area (Å²) in [5.41, 5.74) is 6.34. The van der Waals surface area contributed by atoms with Crippen molar-refractivity contribution in [3.8, 4) is 0 Å². The summed E-state index contributed by atoms with van der Waals surface area (Å²) in [7, 11) is 0. The number of rotatable bonds is 5. The van der Waals surface area contributed by atoms with Gasteiger partial charge >= 0.3 is 0 Å². The zero-order chi connectivity index (χ0) is 18.8. The first-order valence-electron chi connectivity index (χ1n) is 8.86. The molecular formula is C19H21N5O3. The molecule has 1 aromatic carbocycles. The van der Waals surface area contributed by atoms with Crippen molar-refractivity contribution in [1.82, 2.24) is 14.9 Å². The second-order valence-corrected chi connectivity index (χ2v) is 6.54. The van der Waals surface area contributed by atoms with Gasteiger partial charge in [0.15, 0.2) is 0 Å². The highest BCUT2D eigenvalue weighted by atomic mass is 16.3. The molecule has 0 saturated carbocycles. The van der Waals surface area contributed by atoms with Crippen LogP contribution in [0, 0.1) is 0 Å². The van der Waals surface area contributed by atoms with Crippen molar-refractivity contribution in [1.29, 1.82) is 0 Å². The number of carbonyl (C=O) groups is 1. The summed E-state index contributed by atoms with van der Waals surface area (Å²) in [5.74, 6) is 0.807. The third kappa shape index (κ3) is 3.49. The molecule has 3 heterocycles. The fourth-order valence-electron chi connectivity index (χ4n) is 3.40. The molecule has 1 saturated heterocycles. The van der Waals surface area contributed by atoms with E-state index in [2.05, 4.69) is 14.9 Å². The number of aromatic nitrogens is 2. The smallest absolute Gasteiger partial charge is 0.251 e. The molecule has 0 radical (unpaired) electrons. The summed E-state index contributed by atoms with van der Waals surface area (Å²) in [5, 5.41) is 11.0. The molecule has 27 heavy (non-hydrogen) atoms. The topological polar surface area (TPSA) is 109 Å². The highest BCUT2D eigenvalue weighted by Gasteiger charge is 2.28. The molecule has 8 heteroatoms. The van der Waals surface area contributed by atoms with Crippen LogP contribution in [0.5, 0.6) is 0 Å². The number of furan rings is 1. The SMILES string of the molecule is NC(=O)c1cnc(N2CCN(C(CO)c3cc4ccccc4o3)CC2)nc1. The van der Waals surface area contributed by atoms with E-state index in [0.29, 0.717) is 24.6 Å². The summed E-state index contributed by atoms with van der Waals surface area (Å²) >= 11 is 0. The van der Waals surface area contributed by atoms with Crippen molar-refractivity contribution in [3.05, 3.63) is 54.0 Å². The van der Waals surface area contributed by atoms with Crippen LogP contribution in [0.1, 0.15) is 22.2 Å². The minimum absolute atomic E-state index is 0.0103. The summed E-state index contributed by atoms with van der Waals surface area (Å²) in [6, 6.07) is 9.65. The van der Waals surface area contributed by atoms with Crippen LogP contribution in [0.25, 0.3) is 11.0 Å². The first-order chi connectivity index (χ1) is 13.2. The molecule has 3 aromatic rings. The van der Waals surface area contributed by atoms with Crippen molar-refractivity contribution in [2.75, 3.05) is 37.7 Å². The number of aliphatic hydroxyl groups excluding tert-OH is 1. The van der Waals surface area contributed by atoms with E-state index < -0.39 is 5.91 Å². The Bertz CT molecular complexity index is 899. The van der Waals surface area contributed by atoms with Crippen molar-refractivity contribution in [2.45, 2.75) is 6.04 Å². The number of carbonyl (C=O) groups excluding carboxylic acids is 1. The molecule has 8 nitrogen and oxygen atoms in total. The highest BCUT2D eigenvalue weighted by Crippen LogP contribution is 2.28. The van der Waals surface area contributed by atoms with E-state index in [0.717, 1.165) is 29.8 Å². The van der Waals surface area contributed by atoms with Crippen LogP contribution in [0.15, 0.2) is 47.1 Å². The number of fused-ring (bicyclic) bond motifs is 1. The van der Waals surface area contributed by atoms with Crippen LogP contribution in [-0.2, 0) is 0 Å². The summed E-state index contributed by atoms with van der Waals surface area (Å²) in [4.78, 5) is 23.8. The number of hydrogen-bond donors (Lipinski definition) is 2. The molecule has 1 aliphatic rings. The quantitative estimate of drug-likeness (QED) is 0.697. The lowest BCUT2D eigenvalue weighted by Gasteiger charge is -2.37. The Hall–Kier alpha value is -2.97. The zero-order valence-corrected chi connectivity index (χ0v) is 14.8. The third-order valence-corrected chi connectivity index (χ3v) is 4.91. The molecule has 0 spiro atoms. The summed E-state index contributed by atoms with van der Waals surface area (Å²) in [6.45, 7) is 2.90. The number of aliphatic hydroxyl groups is 1. The van der Waals surface area contributed by atoms with Crippen LogP contribution in [0.4, 0.5) is 5.95 Å². The molecule has 1 atom stereocenters. The third-order valence-electron chi connectivity index (χ3n) is 4.91. The van der Waals surface area contributed by atoms with Crippen molar-refractivity contribution in [3.63, 3.8) is 0 Å². The second kappa shape index (κ2) is 7.34. The van der Waals surface area contributed by atoms with E-state index in [1.54, 1.807) is 0 Å². The van der Waals surface area contributed by atoms with Crippen LogP contribution in [-0.4, -0.2) is 58.7 Å². The molecule has 0 aliphatic carbocycles. The van der Waals surface area contributed by atoms with E-state index in [1.165, 1.54) is 12.4 Å². The van der Waals surface area contributed by atoms with Gasteiger partial charge in [0, 0.05) is 44.0 Å². The van der Waals surface area contributed by atoms with Gasteiger partial charge in [0.25, 0.3) is 5.91 Å². The lowest BCUT2D eigenvalue weighted by atomic mass is 10.1. The van der Waals surface area contributed by atoms with Gasteiger partial charge in [-0.05, 0) is 12.1 Å². The van der Waals surface area contributed by atoms with Gasteiger partial charge in [-0.25, -0.2) is 9.97 Å². The largest absolute Gasteiger partial charge is 0.459 e. The molecule has 140 valence electrons. The molecule has 4 rings (SSSR count). The number of primary amides is 1. The Morgan fingerprint density at radius 3 is 2.52 bits per heavy atom. The van der Waals surface area contributed by atoms with Crippen molar-refractivity contribution in [2.24, 2.45) is 5.73 Å². The van der Waals surface area contributed by atoms with Gasteiger partial charge in [0.2, 0.25) is 5.95 Å². The fourth-order valence-corrected chi connectivity index (χ4v) is 3.40. The Labute approximate surface area is 156 Å². The number of para-hydroxylation sites is 1. The Kier molecular flexibility index (Phi) is 4.74. The van der Waals surface area contributed by atoms with Crippen LogP contribution in [0.2, 0.25) is 0 Å². The lowest BCUT2D eigenvalue weighted by Crippen LogP contribution is -2.48. The van der Waals surface area contributed by atoms with Crippen LogP contribution in [0.3, 0.4) is 0 Å². The van der Waals surface area contributed by atoms with Crippen LogP contribution >= 0.6 is 0 Å². The van der Waals surface area contributed by atoms with E-state index >= 15 is 0 Å². The average molecular weight is 367 g/mol. The van der Waals surface area contributed by atoms with Gasteiger partial charge < -0.3 is 20.2 Å². The molecule has 2 aromatic heterocycles. The molecule has 1 amide bonds. The monoisotopic (exact) mass is 367 g/mol. The predicted octanol–water partition coefficient (Wildman–Crippen LogP) is 1.18. The van der Waals surface area contributed by atoms with Gasteiger partial charge in [-0.2, -0.15) is 0 Å². The number of anilines is 1. The minimum Gasteiger partial charge on any atom is -0.459 e. The first kappa shape index (κ1) is 17.4. The Morgan fingerprint density at radius 2 is 1.89 bits per heavy atom. The van der Waals surface area contributed by atoms with Gasteiger partial charge in [0.1, 0.15) is 11.3 Å². The van der Waals surface area contributed by atoms with Crippen LogP contribution < -0.4 is 10.6 Å². The summed E-state index contributed by atoms with van der Waals surface area (Å²) in [6.07, 6.45) is 2.89. The van der Waals surface area contributed by atoms with E-state index in [1.807, 2.05) is 35.2 Å². The number of piperazine rings is 1. The summed E-state index contributed by atoms with van der Waals surface area (Å²) < 4.78 is 5.94. The van der Waals surface area contributed by atoms with Crippen molar-refractivity contribution >= 4 is 22.8 Å². The van der Waals surface area contributed by atoms with Gasteiger partial charge in [-0.1, -0.05) is 18.2 Å². The molecule has 1 fully saturated rings. The van der Waals surface area contributed by atoms with Crippen molar-refractivity contribution < 1.29 is 14.3 Å². The van der Waals surface area contributed by atoms with E-state index in [4.69, 9.17) is 10.2 Å². The zero-order valence-electron chi connectivity index (χ0n) is 14.8. The molecule has 1 aliphatic heterocycles. The van der Waals surface area contributed by atoms with Gasteiger partial charge in [0.05, 0.1) is 18.2 Å². The number of hydrogen-bond acceptors (Lipinski definition) is 7. The Balaban J connectivity index is 1.44. The maximum absolute atomic E-state index is 11.1. The maximum Gasteiger partial charge on any atom is 0.251 e. The molecule has 1 unspecified atom stereocenters. The molecule has 0 bridgehead atoms. The number of nitrogens with zero attached hydrogens (tertiary/aromatic N) is 4. The average Bonchev–Trinajstić information content (AvgIpc) is 3.13. The first-order valence-corrected chi connectivity index (χ1v) is 8.86. The number of amides is 1.